The minimum absolute atomic E-state index is 0.185. The molecule has 4 aromatic rings. The molecule has 0 spiro atoms. The van der Waals surface area contributed by atoms with Crippen LogP contribution in [0.2, 0.25) is 0 Å². The Hall–Kier alpha value is -3.19. The van der Waals surface area contributed by atoms with Gasteiger partial charge in [0.15, 0.2) is 17.3 Å². The molecule has 0 radical (unpaired) electrons. The fourth-order valence-corrected chi connectivity index (χ4v) is 3.66. The lowest BCUT2D eigenvalue weighted by Crippen LogP contribution is -2.23. The van der Waals surface area contributed by atoms with E-state index in [1.54, 1.807) is 20.3 Å². The fourth-order valence-electron chi connectivity index (χ4n) is 2.75. The van der Waals surface area contributed by atoms with Crippen molar-refractivity contribution in [2.24, 2.45) is 0 Å². The summed E-state index contributed by atoms with van der Waals surface area (Å²) in [5.74, 6) is 1.80. The number of ether oxygens (including phenoxy) is 2. The van der Waals surface area contributed by atoms with Gasteiger partial charge in [0.1, 0.15) is 0 Å². The predicted molar refractivity (Wildman–Crippen MR) is 106 cm³/mol. The van der Waals surface area contributed by atoms with Crippen LogP contribution in [-0.2, 0) is 0 Å². The van der Waals surface area contributed by atoms with Crippen LogP contribution >= 0.6 is 11.3 Å². The lowest BCUT2D eigenvalue weighted by molar-refractivity contribution is 0.355. The summed E-state index contributed by atoms with van der Waals surface area (Å²) in [6, 6.07) is 13.4. The van der Waals surface area contributed by atoms with E-state index in [1.165, 1.54) is 15.9 Å². The second-order valence-electron chi connectivity index (χ2n) is 6.03. The Balaban J connectivity index is 1.76. The molecular formula is C20H17N3O3S. The molecular weight excluding hydrogens is 362 g/mol. The van der Waals surface area contributed by atoms with Crippen LogP contribution in [-0.4, -0.2) is 28.8 Å². The summed E-state index contributed by atoms with van der Waals surface area (Å²) in [6.07, 6.45) is 1.80. The molecule has 2 aromatic carbocycles. The van der Waals surface area contributed by atoms with Crippen LogP contribution in [0.15, 0.2) is 47.3 Å². The molecule has 136 valence electrons. The number of hydrogen-bond donors (Lipinski definition) is 0. The molecule has 0 N–H and O–H groups in total. The summed E-state index contributed by atoms with van der Waals surface area (Å²) in [5, 5.41) is 4.37. The van der Waals surface area contributed by atoms with Gasteiger partial charge in [-0.2, -0.15) is 9.50 Å². The number of aromatic nitrogens is 3. The molecule has 4 rings (SSSR count). The lowest BCUT2D eigenvalue weighted by atomic mass is 10.1. The maximum absolute atomic E-state index is 12.7. The highest BCUT2D eigenvalue weighted by Crippen LogP contribution is 2.27. The van der Waals surface area contributed by atoms with Gasteiger partial charge in [0.05, 0.1) is 18.8 Å². The SMILES string of the molecule is COc1ccc(/C=c2/sc3nc(-c4ccc(C)cc4)nn3c2=O)cc1OC. The predicted octanol–water partition coefficient (Wildman–Crippen LogP) is 2.69. The molecule has 0 atom stereocenters. The number of thiazole rings is 1. The zero-order valence-corrected chi connectivity index (χ0v) is 15.9. The summed E-state index contributed by atoms with van der Waals surface area (Å²) in [7, 11) is 3.17. The largest absolute Gasteiger partial charge is 0.493 e. The summed E-state index contributed by atoms with van der Waals surface area (Å²) < 4.78 is 12.5. The second-order valence-corrected chi connectivity index (χ2v) is 7.04. The Kier molecular flexibility index (Phi) is 4.37. The molecule has 0 aliphatic rings. The topological polar surface area (TPSA) is 65.7 Å². The van der Waals surface area contributed by atoms with Crippen LogP contribution in [0.4, 0.5) is 0 Å². The van der Waals surface area contributed by atoms with Crippen LogP contribution < -0.4 is 19.6 Å². The standard InChI is InChI=1S/C20H17N3O3S/c1-12-4-7-14(8-5-12)18-21-20-23(22-18)19(24)17(27-20)11-13-6-9-15(25-2)16(10-13)26-3/h4-11H,1-3H3/b17-11+. The molecule has 2 heterocycles. The highest BCUT2D eigenvalue weighted by Gasteiger charge is 2.12. The van der Waals surface area contributed by atoms with E-state index in [1.807, 2.05) is 49.4 Å². The molecule has 6 nitrogen and oxygen atoms in total. The number of hydrogen-bond acceptors (Lipinski definition) is 6. The van der Waals surface area contributed by atoms with E-state index in [0.29, 0.717) is 26.8 Å². The lowest BCUT2D eigenvalue weighted by Gasteiger charge is -2.07. The minimum atomic E-state index is -0.185. The van der Waals surface area contributed by atoms with Crippen molar-refractivity contribution in [3.05, 3.63) is 68.5 Å². The van der Waals surface area contributed by atoms with Crippen LogP contribution in [0.25, 0.3) is 22.4 Å². The van der Waals surface area contributed by atoms with Crippen LogP contribution in [0.1, 0.15) is 11.1 Å². The third kappa shape index (κ3) is 3.17. The normalized spacial score (nSPS) is 11.9. The Morgan fingerprint density at radius 2 is 1.78 bits per heavy atom. The average molecular weight is 379 g/mol. The van der Waals surface area contributed by atoms with Crippen molar-refractivity contribution >= 4 is 22.4 Å². The minimum Gasteiger partial charge on any atom is -0.493 e. The van der Waals surface area contributed by atoms with Gasteiger partial charge in [0.25, 0.3) is 5.56 Å². The monoisotopic (exact) mass is 379 g/mol. The number of fused-ring (bicyclic) bond motifs is 1. The van der Waals surface area contributed by atoms with Gasteiger partial charge in [-0.05, 0) is 30.7 Å². The van der Waals surface area contributed by atoms with Crippen molar-refractivity contribution in [2.75, 3.05) is 14.2 Å². The van der Waals surface area contributed by atoms with E-state index in [-0.39, 0.29) is 5.56 Å². The zero-order valence-electron chi connectivity index (χ0n) is 15.1. The Labute approximate surface area is 159 Å². The number of nitrogens with zero attached hydrogens (tertiary/aromatic N) is 3. The van der Waals surface area contributed by atoms with E-state index in [0.717, 1.165) is 16.7 Å². The third-order valence-corrected chi connectivity index (χ3v) is 5.16. The molecule has 0 aliphatic carbocycles. The molecule has 7 heteroatoms. The van der Waals surface area contributed by atoms with Crippen molar-refractivity contribution in [3.63, 3.8) is 0 Å². The quantitative estimate of drug-likeness (QED) is 0.545. The molecule has 0 saturated heterocycles. The van der Waals surface area contributed by atoms with Crippen LogP contribution in [0, 0.1) is 6.92 Å². The van der Waals surface area contributed by atoms with Crippen molar-refractivity contribution in [2.45, 2.75) is 6.92 Å². The molecule has 0 bridgehead atoms. The summed E-state index contributed by atoms with van der Waals surface area (Å²) in [6.45, 7) is 2.02. The van der Waals surface area contributed by atoms with Crippen molar-refractivity contribution in [1.29, 1.82) is 0 Å². The first-order chi connectivity index (χ1) is 13.1. The molecule has 2 aromatic heterocycles. The maximum Gasteiger partial charge on any atom is 0.291 e. The smallest absolute Gasteiger partial charge is 0.291 e. The van der Waals surface area contributed by atoms with Gasteiger partial charge in [0, 0.05) is 5.56 Å². The Morgan fingerprint density at radius 1 is 1.04 bits per heavy atom. The first-order valence-corrected chi connectivity index (χ1v) is 9.11. The Bertz CT molecular complexity index is 1230. The number of aryl methyl sites for hydroxylation is 1. The van der Waals surface area contributed by atoms with Crippen LogP contribution in [0.3, 0.4) is 0 Å². The third-order valence-electron chi connectivity index (χ3n) is 4.20. The zero-order chi connectivity index (χ0) is 19.0. The van der Waals surface area contributed by atoms with E-state index in [2.05, 4.69) is 10.1 Å². The van der Waals surface area contributed by atoms with E-state index in [9.17, 15) is 4.79 Å². The maximum atomic E-state index is 12.7. The van der Waals surface area contributed by atoms with Crippen molar-refractivity contribution in [1.82, 2.24) is 14.6 Å². The first kappa shape index (κ1) is 17.2. The van der Waals surface area contributed by atoms with Gasteiger partial charge in [-0.1, -0.05) is 47.2 Å². The summed E-state index contributed by atoms with van der Waals surface area (Å²) in [4.78, 5) is 17.8. The fraction of sp³-hybridized carbons (Fsp3) is 0.150. The van der Waals surface area contributed by atoms with Gasteiger partial charge >= 0.3 is 0 Å². The van der Waals surface area contributed by atoms with Gasteiger partial charge in [-0.25, -0.2) is 0 Å². The van der Waals surface area contributed by atoms with E-state index >= 15 is 0 Å². The number of methoxy groups -OCH3 is 2. The van der Waals surface area contributed by atoms with Gasteiger partial charge in [-0.15, -0.1) is 5.10 Å². The first-order valence-electron chi connectivity index (χ1n) is 8.29. The molecule has 0 unspecified atom stereocenters. The molecule has 0 aliphatic heterocycles. The van der Waals surface area contributed by atoms with Gasteiger partial charge in [-0.3, -0.25) is 4.79 Å². The number of benzene rings is 2. The highest BCUT2D eigenvalue weighted by atomic mass is 32.1. The van der Waals surface area contributed by atoms with Crippen molar-refractivity contribution < 1.29 is 9.47 Å². The van der Waals surface area contributed by atoms with Gasteiger partial charge < -0.3 is 9.47 Å². The average Bonchev–Trinajstić information content (AvgIpc) is 3.22. The van der Waals surface area contributed by atoms with Crippen molar-refractivity contribution in [3.8, 4) is 22.9 Å². The second kappa shape index (κ2) is 6.85. The molecule has 0 fully saturated rings. The summed E-state index contributed by atoms with van der Waals surface area (Å²) >= 11 is 1.31. The number of rotatable bonds is 4. The van der Waals surface area contributed by atoms with Gasteiger partial charge in [0.2, 0.25) is 4.96 Å². The molecule has 0 amide bonds. The highest BCUT2D eigenvalue weighted by molar-refractivity contribution is 7.15. The van der Waals surface area contributed by atoms with Crippen LogP contribution in [0.5, 0.6) is 11.5 Å². The van der Waals surface area contributed by atoms with E-state index < -0.39 is 0 Å². The molecule has 0 saturated carbocycles. The summed E-state index contributed by atoms with van der Waals surface area (Å²) in [5.41, 5.74) is 2.71. The molecule has 27 heavy (non-hydrogen) atoms. The Morgan fingerprint density at radius 3 is 2.44 bits per heavy atom. The van der Waals surface area contributed by atoms with E-state index in [4.69, 9.17) is 9.47 Å².